The van der Waals surface area contributed by atoms with Crippen LogP contribution in [0.2, 0.25) is 5.02 Å². The first-order valence-corrected chi connectivity index (χ1v) is 11.1. The van der Waals surface area contributed by atoms with Crippen molar-refractivity contribution in [2.75, 3.05) is 18.5 Å². The van der Waals surface area contributed by atoms with Crippen molar-refractivity contribution in [1.82, 2.24) is 8.96 Å². The summed E-state index contributed by atoms with van der Waals surface area (Å²) in [6.45, 7) is 1.32. The number of halogens is 1. The van der Waals surface area contributed by atoms with E-state index in [1.165, 1.54) is 10.0 Å². The molecule has 0 saturated carbocycles. The molecule has 1 aliphatic heterocycles. The van der Waals surface area contributed by atoms with Crippen molar-refractivity contribution in [3.8, 4) is 0 Å². The Morgan fingerprint density at radius 2 is 1.97 bits per heavy atom. The summed E-state index contributed by atoms with van der Waals surface area (Å²) in [5.74, 6) is 0.661. The van der Waals surface area contributed by atoms with E-state index >= 15 is 0 Å². The summed E-state index contributed by atoms with van der Waals surface area (Å²) in [7, 11) is -3.83. The van der Waals surface area contributed by atoms with E-state index in [1.807, 2.05) is 24.3 Å². The van der Waals surface area contributed by atoms with Crippen molar-refractivity contribution in [2.45, 2.75) is 17.4 Å². The third-order valence-electron chi connectivity index (χ3n) is 5.12. The van der Waals surface area contributed by atoms with Crippen LogP contribution in [-0.4, -0.2) is 36.6 Å². The topological polar surface area (TPSA) is 73.2 Å². The molecule has 1 aliphatic rings. The van der Waals surface area contributed by atoms with E-state index in [4.69, 9.17) is 21.3 Å². The molecule has 3 heterocycles. The maximum absolute atomic E-state index is 13.4. The van der Waals surface area contributed by atoms with E-state index in [-0.39, 0.29) is 10.9 Å². The molecule has 8 heteroatoms. The summed E-state index contributed by atoms with van der Waals surface area (Å²) in [6.07, 6.45) is 2.46. The predicted molar refractivity (Wildman–Crippen MR) is 114 cm³/mol. The minimum Gasteiger partial charge on any atom is -0.379 e. The van der Waals surface area contributed by atoms with Gasteiger partial charge in [0.25, 0.3) is 10.0 Å². The number of rotatable bonds is 4. The van der Waals surface area contributed by atoms with Gasteiger partial charge in [-0.15, -0.1) is 0 Å². The van der Waals surface area contributed by atoms with Gasteiger partial charge in [0.15, 0.2) is 0 Å². The third kappa shape index (κ3) is 3.15. The largest absolute Gasteiger partial charge is 0.379 e. The van der Waals surface area contributed by atoms with Crippen LogP contribution in [0.25, 0.3) is 21.8 Å². The summed E-state index contributed by atoms with van der Waals surface area (Å²) in [5.41, 5.74) is 1.32. The molecular weight excluding hydrogens is 410 g/mol. The maximum Gasteiger partial charge on any atom is 0.268 e. The zero-order valence-corrected chi connectivity index (χ0v) is 16.9. The second-order valence-corrected chi connectivity index (χ2v) is 9.27. The maximum atomic E-state index is 13.4. The Hall–Kier alpha value is -2.61. The first-order chi connectivity index (χ1) is 14.0. The average Bonchev–Trinajstić information content (AvgIpc) is 3.38. The summed E-state index contributed by atoms with van der Waals surface area (Å²) in [5, 5.41) is 5.32. The number of hydrogen-bond acceptors (Lipinski definition) is 5. The monoisotopic (exact) mass is 427 g/mol. The quantitative estimate of drug-likeness (QED) is 0.526. The highest BCUT2D eigenvalue weighted by molar-refractivity contribution is 7.90. The van der Waals surface area contributed by atoms with Gasteiger partial charge in [0, 0.05) is 28.6 Å². The SMILES string of the molecule is O=S(=O)(c1cccc(Cl)c1)n1ccc2c(N[C@H]3CCOC3)nc3ccccc3c21. The van der Waals surface area contributed by atoms with Gasteiger partial charge in [-0.3, -0.25) is 0 Å². The lowest BCUT2D eigenvalue weighted by Gasteiger charge is -2.15. The number of hydrogen-bond donors (Lipinski definition) is 1. The number of nitrogens with one attached hydrogen (secondary N) is 1. The standard InChI is InChI=1S/C21H18ClN3O3S/c22-14-4-3-5-16(12-14)29(26,27)25-10-8-18-20(25)17-6-1-2-7-19(17)24-21(18)23-15-9-11-28-13-15/h1-8,10,12,15H,9,11,13H2,(H,23,24)/t15-/m0/s1. The van der Waals surface area contributed by atoms with Gasteiger partial charge >= 0.3 is 0 Å². The van der Waals surface area contributed by atoms with Crippen LogP contribution in [-0.2, 0) is 14.8 Å². The van der Waals surface area contributed by atoms with Gasteiger partial charge in [-0.05, 0) is 36.8 Å². The van der Waals surface area contributed by atoms with Crippen molar-refractivity contribution in [3.05, 3.63) is 65.8 Å². The highest BCUT2D eigenvalue weighted by atomic mass is 35.5. The molecule has 0 amide bonds. The van der Waals surface area contributed by atoms with Gasteiger partial charge in [0.2, 0.25) is 0 Å². The Labute approximate surface area is 173 Å². The van der Waals surface area contributed by atoms with Crippen LogP contribution in [0.15, 0.2) is 65.7 Å². The first kappa shape index (κ1) is 18.4. The predicted octanol–water partition coefficient (Wildman–Crippen LogP) is 4.28. The zero-order valence-electron chi connectivity index (χ0n) is 15.4. The molecule has 0 bridgehead atoms. The minimum absolute atomic E-state index is 0.141. The Morgan fingerprint density at radius 1 is 1.10 bits per heavy atom. The van der Waals surface area contributed by atoms with Gasteiger partial charge in [-0.25, -0.2) is 17.4 Å². The van der Waals surface area contributed by atoms with Crippen molar-refractivity contribution >= 4 is 49.2 Å². The Morgan fingerprint density at radius 3 is 2.76 bits per heavy atom. The number of para-hydroxylation sites is 1. The van der Waals surface area contributed by atoms with Crippen molar-refractivity contribution in [2.24, 2.45) is 0 Å². The van der Waals surface area contributed by atoms with E-state index in [0.717, 1.165) is 22.7 Å². The zero-order chi connectivity index (χ0) is 20.0. The molecule has 0 spiro atoms. The van der Waals surface area contributed by atoms with Crippen LogP contribution in [0.3, 0.4) is 0 Å². The molecule has 0 radical (unpaired) electrons. The molecule has 0 unspecified atom stereocenters. The van der Waals surface area contributed by atoms with Crippen LogP contribution < -0.4 is 5.32 Å². The molecule has 148 valence electrons. The van der Waals surface area contributed by atoms with Gasteiger partial charge in [-0.1, -0.05) is 35.9 Å². The van der Waals surface area contributed by atoms with Crippen LogP contribution >= 0.6 is 11.6 Å². The van der Waals surface area contributed by atoms with E-state index in [2.05, 4.69) is 5.32 Å². The molecule has 29 heavy (non-hydrogen) atoms. The number of fused-ring (bicyclic) bond motifs is 3. The molecule has 6 nitrogen and oxygen atoms in total. The van der Waals surface area contributed by atoms with E-state index in [1.54, 1.807) is 30.5 Å². The van der Waals surface area contributed by atoms with Gasteiger partial charge in [0.05, 0.1) is 28.6 Å². The van der Waals surface area contributed by atoms with Gasteiger partial charge < -0.3 is 10.1 Å². The van der Waals surface area contributed by atoms with Crippen LogP contribution in [0.4, 0.5) is 5.82 Å². The lowest BCUT2D eigenvalue weighted by atomic mass is 10.1. The van der Waals surface area contributed by atoms with Crippen LogP contribution in [0, 0.1) is 0 Å². The van der Waals surface area contributed by atoms with E-state index in [0.29, 0.717) is 29.6 Å². The van der Waals surface area contributed by atoms with Crippen molar-refractivity contribution in [3.63, 3.8) is 0 Å². The molecule has 1 N–H and O–H groups in total. The molecule has 4 aromatic rings. The minimum atomic E-state index is -3.83. The number of aromatic nitrogens is 2. The molecule has 2 aromatic heterocycles. The van der Waals surface area contributed by atoms with Gasteiger partial charge in [0.1, 0.15) is 5.82 Å². The average molecular weight is 428 g/mol. The van der Waals surface area contributed by atoms with Crippen LogP contribution in [0.5, 0.6) is 0 Å². The Kier molecular flexibility index (Phi) is 4.46. The van der Waals surface area contributed by atoms with Gasteiger partial charge in [-0.2, -0.15) is 0 Å². The molecule has 1 fully saturated rings. The fourth-order valence-corrected chi connectivity index (χ4v) is 5.38. The molecule has 2 aromatic carbocycles. The normalized spacial score (nSPS) is 17.2. The van der Waals surface area contributed by atoms with Crippen molar-refractivity contribution in [1.29, 1.82) is 0 Å². The number of ether oxygens (including phenoxy) is 1. The Balaban J connectivity index is 1.76. The first-order valence-electron chi connectivity index (χ1n) is 9.29. The summed E-state index contributed by atoms with van der Waals surface area (Å²) in [6, 6.07) is 15.8. The second-order valence-electron chi connectivity index (χ2n) is 7.02. The Bertz CT molecular complexity index is 1330. The summed E-state index contributed by atoms with van der Waals surface area (Å²) in [4.78, 5) is 4.89. The molecule has 1 saturated heterocycles. The summed E-state index contributed by atoms with van der Waals surface area (Å²) < 4.78 is 33.6. The molecular formula is C21H18ClN3O3S. The molecule has 0 aliphatic carbocycles. The fourth-order valence-electron chi connectivity index (χ4n) is 3.71. The number of pyridine rings is 1. The molecule has 1 atom stereocenters. The van der Waals surface area contributed by atoms with Crippen LogP contribution in [0.1, 0.15) is 6.42 Å². The number of benzene rings is 2. The highest BCUT2D eigenvalue weighted by Crippen LogP contribution is 2.33. The molecule has 5 rings (SSSR count). The third-order valence-corrected chi connectivity index (χ3v) is 7.03. The van der Waals surface area contributed by atoms with E-state index < -0.39 is 10.0 Å². The lowest BCUT2D eigenvalue weighted by molar-refractivity contribution is 0.195. The second kappa shape index (κ2) is 7.02. The number of nitrogens with zero attached hydrogens (tertiary/aromatic N) is 2. The smallest absolute Gasteiger partial charge is 0.268 e. The highest BCUT2D eigenvalue weighted by Gasteiger charge is 2.24. The van der Waals surface area contributed by atoms with Crippen molar-refractivity contribution < 1.29 is 13.2 Å². The lowest BCUT2D eigenvalue weighted by Crippen LogP contribution is -2.20. The summed E-state index contributed by atoms with van der Waals surface area (Å²) >= 11 is 6.04. The number of anilines is 1. The fraction of sp³-hybridized carbons (Fsp3) is 0.190. The van der Waals surface area contributed by atoms with E-state index in [9.17, 15) is 8.42 Å².